The third-order valence-electron chi connectivity index (χ3n) is 2.17. The third-order valence-corrected chi connectivity index (χ3v) is 2.17. The molecule has 4 heteroatoms. The van der Waals surface area contributed by atoms with Crippen LogP contribution in [0.2, 0.25) is 0 Å². The average molecular weight is 213 g/mol. The SMILES string of the molecule is Cc1ccc(F)c(C(=O)CCCN)c1F. The molecule has 1 aromatic carbocycles. The molecule has 0 atom stereocenters. The summed E-state index contributed by atoms with van der Waals surface area (Å²) in [5.41, 5.74) is 5.05. The summed E-state index contributed by atoms with van der Waals surface area (Å²) in [7, 11) is 0. The number of Topliss-reactive ketones (excluding diaryl/α,β-unsaturated/α-hetero) is 1. The fourth-order valence-corrected chi connectivity index (χ4v) is 1.30. The number of aryl methyl sites for hydroxylation is 1. The molecule has 0 spiro atoms. The van der Waals surface area contributed by atoms with Crippen molar-refractivity contribution >= 4 is 5.78 Å². The number of hydrogen-bond acceptors (Lipinski definition) is 2. The van der Waals surface area contributed by atoms with Crippen LogP contribution < -0.4 is 5.73 Å². The van der Waals surface area contributed by atoms with Crippen molar-refractivity contribution in [2.75, 3.05) is 6.54 Å². The lowest BCUT2D eigenvalue weighted by Crippen LogP contribution is -2.09. The number of benzene rings is 1. The summed E-state index contributed by atoms with van der Waals surface area (Å²) >= 11 is 0. The number of carbonyl (C=O) groups is 1. The number of carbonyl (C=O) groups excluding carboxylic acids is 1. The van der Waals surface area contributed by atoms with Gasteiger partial charge in [-0.2, -0.15) is 0 Å². The first-order valence-electron chi connectivity index (χ1n) is 4.75. The predicted molar refractivity (Wildman–Crippen MR) is 53.7 cm³/mol. The van der Waals surface area contributed by atoms with Crippen LogP contribution >= 0.6 is 0 Å². The molecule has 0 amide bonds. The van der Waals surface area contributed by atoms with E-state index in [9.17, 15) is 13.6 Å². The van der Waals surface area contributed by atoms with Gasteiger partial charge >= 0.3 is 0 Å². The Morgan fingerprint density at radius 3 is 2.67 bits per heavy atom. The van der Waals surface area contributed by atoms with E-state index in [0.717, 1.165) is 6.07 Å². The topological polar surface area (TPSA) is 43.1 Å². The molecule has 0 radical (unpaired) electrons. The van der Waals surface area contributed by atoms with E-state index in [2.05, 4.69) is 0 Å². The fourth-order valence-electron chi connectivity index (χ4n) is 1.30. The van der Waals surface area contributed by atoms with Gasteiger partial charge in [-0.1, -0.05) is 6.07 Å². The highest BCUT2D eigenvalue weighted by atomic mass is 19.1. The highest BCUT2D eigenvalue weighted by molar-refractivity contribution is 5.96. The van der Waals surface area contributed by atoms with Crippen LogP contribution in [0.5, 0.6) is 0 Å². The van der Waals surface area contributed by atoms with E-state index in [1.54, 1.807) is 0 Å². The summed E-state index contributed by atoms with van der Waals surface area (Å²) in [4.78, 5) is 11.5. The van der Waals surface area contributed by atoms with Crippen LogP contribution in [0.25, 0.3) is 0 Å². The number of rotatable bonds is 4. The van der Waals surface area contributed by atoms with Gasteiger partial charge in [-0.25, -0.2) is 8.78 Å². The molecule has 0 unspecified atom stereocenters. The second-order valence-corrected chi connectivity index (χ2v) is 3.37. The minimum Gasteiger partial charge on any atom is -0.330 e. The molecule has 0 aromatic heterocycles. The molecule has 0 saturated carbocycles. The third kappa shape index (κ3) is 2.59. The van der Waals surface area contributed by atoms with Crippen LogP contribution in [-0.4, -0.2) is 12.3 Å². The van der Waals surface area contributed by atoms with E-state index >= 15 is 0 Å². The Balaban J connectivity index is 3.02. The van der Waals surface area contributed by atoms with Crippen molar-refractivity contribution in [3.8, 4) is 0 Å². The van der Waals surface area contributed by atoms with E-state index in [4.69, 9.17) is 5.73 Å². The van der Waals surface area contributed by atoms with Gasteiger partial charge in [0.2, 0.25) is 0 Å². The van der Waals surface area contributed by atoms with Crippen molar-refractivity contribution in [3.05, 3.63) is 34.9 Å². The molecular weight excluding hydrogens is 200 g/mol. The van der Waals surface area contributed by atoms with Gasteiger partial charge < -0.3 is 5.73 Å². The summed E-state index contributed by atoms with van der Waals surface area (Å²) in [6, 6.07) is 2.42. The van der Waals surface area contributed by atoms with Gasteiger partial charge in [-0.05, 0) is 31.5 Å². The van der Waals surface area contributed by atoms with Gasteiger partial charge in [0.1, 0.15) is 11.6 Å². The summed E-state index contributed by atoms with van der Waals surface area (Å²) < 4.78 is 26.7. The lowest BCUT2D eigenvalue weighted by atomic mass is 10.0. The first-order chi connectivity index (χ1) is 7.07. The smallest absolute Gasteiger partial charge is 0.168 e. The highest BCUT2D eigenvalue weighted by Gasteiger charge is 2.18. The zero-order valence-electron chi connectivity index (χ0n) is 8.52. The number of halogens is 2. The van der Waals surface area contributed by atoms with Crippen LogP contribution in [0.1, 0.15) is 28.8 Å². The van der Waals surface area contributed by atoms with E-state index in [1.807, 2.05) is 0 Å². The van der Waals surface area contributed by atoms with Crippen molar-refractivity contribution in [1.29, 1.82) is 0 Å². The molecule has 0 heterocycles. The van der Waals surface area contributed by atoms with E-state index in [0.29, 0.717) is 13.0 Å². The van der Waals surface area contributed by atoms with E-state index in [-0.39, 0.29) is 12.0 Å². The quantitative estimate of drug-likeness (QED) is 0.779. The Kier molecular flexibility index (Phi) is 3.91. The van der Waals surface area contributed by atoms with Crippen LogP contribution in [0, 0.1) is 18.6 Å². The zero-order valence-corrected chi connectivity index (χ0v) is 8.52. The Labute approximate surface area is 87.1 Å². The first-order valence-corrected chi connectivity index (χ1v) is 4.75. The Bertz CT molecular complexity index is 377. The van der Waals surface area contributed by atoms with Crippen molar-refractivity contribution in [2.24, 2.45) is 5.73 Å². The van der Waals surface area contributed by atoms with Crippen LogP contribution in [0.15, 0.2) is 12.1 Å². The van der Waals surface area contributed by atoms with Gasteiger partial charge in [0.05, 0.1) is 5.56 Å². The highest BCUT2D eigenvalue weighted by Crippen LogP contribution is 2.18. The second kappa shape index (κ2) is 4.98. The predicted octanol–water partition coefficient (Wildman–Crippen LogP) is 2.19. The lowest BCUT2D eigenvalue weighted by Gasteiger charge is -2.05. The summed E-state index contributed by atoms with van der Waals surface area (Å²) in [5, 5.41) is 0. The second-order valence-electron chi connectivity index (χ2n) is 3.37. The molecule has 0 bridgehead atoms. The number of nitrogens with two attached hydrogens (primary N) is 1. The van der Waals surface area contributed by atoms with Gasteiger partial charge in [-0.3, -0.25) is 4.79 Å². The standard InChI is InChI=1S/C11H13F2NO/c1-7-4-5-8(12)10(11(7)13)9(15)3-2-6-14/h4-5H,2-3,6,14H2,1H3. The average Bonchev–Trinajstić information content (AvgIpc) is 2.21. The maximum absolute atomic E-state index is 13.4. The Morgan fingerprint density at radius 1 is 1.40 bits per heavy atom. The molecule has 1 aromatic rings. The minimum atomic E-state index is -0.805. The number of ketones is 1. The molecule has 82 valence electrons. The van der Waals surface area contributed by atoms with Gasteiger partial charge in [-0.15, -0.1) is 0 Å². The maximum atomic E-state index is 13.4. The van der Waals surface area contributed by atoms with Crippen LogP contribution in [0.4, 0.5) is 8.78 Å². The summed E-state index contributed by atoms with van der Waals surface area (Å²) in [6.45, 7) is 1.83. The van der Waals surface area contributed by atoms with Crippen molar-refractivity contribution in [3.63, 3.8) is 0 Å². The molecule has 2 nitrogen and oxygen atoms in total. The largest absolute Gasteiger partial charge is 0.330 e. The monoisotopic (exact) mass is 213 g/mol. The van der Waals surface area contributed by atoms with Crippen molar-refractivity contribution in [1.82, 2.24) is 0 Å². The van der Waals surface area contributed by atoms with Gasteiger partial charge in [0.25, 0.3) is 0 Å². The zero-order chi connectivity index (χ0) is 11.4. The molecular formula is C11H13F2NO. The maximum Gasteiger partial charge on any atom is 0.168 e. The summed E-state index contributed by atoms with van der Waals surface area (Å²) in [6.07, 6.45) is 0.513. The molecule has 15 heavy (non-hydrogen) atoms. The fraction of sp³-hybridized carbons (Fsp3) is 0.364. The van der Waals surface area contributed by atoms with E-state index < -0.39 is 23.0 Å². The molecule has 1 rings (SSSR count). The molecule has 0 aliphatic carbocycles. The normalized spacial score (nSPS) is 10.4. The molecule has 0 aliphatic heterocycles. The first kappa shape index (κ1) is 11.8. The molecule has 0 saturated heterocycles. The van der Waals surface area contributed by atoms with Gasteiger partial charge in [0, 0.05) is 6.42 Å². The summed E-state index contributed by atoms with van der Waals surface area (Å²) in [5.74, 6) is -2.10. The van der Waals surface area contributed by atoms with E-state index in [1.165, 1.54) is 13.0 Å². The van der Waals surface area contributed by atoms with Crippen LogP contribution in [0.3, 0.4) is 0 Å². The Hall–Kier alpha value is -1.29. The van der Waals surface area contributed by atoms with Gasteiger partial charge in [0.15, 0.2) is 5.78 Å². The minimum absolute atomic E-state index is 0.0772. The molecule has 2 N–H and O–H groups in total. The molecule has 0 fully saturated rings. The number of hydrogen-bond donors (Lipinski definition) is 1. The lowest BCUT2D eigenvalue weighted by molar-refractivity contribution is 0.0972. The van der Waals surface area contributed by atoms with Crippen molar-refractivity contribution in [2.45, 2.75) is 19.8 Å². The van der Waals surface area contributed by atoms with Crippen LogP contribution in [-0.2, 0) is 0 Å². The Morgan fingerprint density at radius 2 is 2.07 bits per heavy atom. The van der Waals surface area contributed by atoms with Crippen molar-refractivity contribution < 1.29 is 13.6 Å². The molecule has 0 aliphatic rings.